The van der Waals surface area contributed by atoms with Gasteiger partial charge in [0, 0.05) is 6.42 Å². The molecule has 0 atom stereocenters. The van der Waals surface area contributed by atoms with Crippen LogP contribution in [0.25, 0.3) is 0 Å². The van der Waals surface area contributed by atoms with Crippen molar-refractivity contribution in [1.29, 1.82) is 0 Å². The second-order valence-corrected chi connectivity index (χ2v) is 2.64. The standard InChI is InChI=1S/C9H17NO/c1-3-8(2)9(11)6-4-5-7-10/h3H,4-7,10H2,1-2H3. The Hall–Kier alpha value is -0.630. The molecule has 0 heterocycles. The predicted molar refractivity (Wildman–Crippen MR) is 47.3 cm³/mol. The zero-order valence-corrected chi connectivity index (χ0v) is 7.39. The first-order valence-corrected chi connectivity index (χ1v) is 4.08. The lowest BCUT2D eigenvalue weighted by atomic mass is 10.1. The highest BCUT2D eigenvalue weighted by Crippen LogP contribution is 2.02. The summed E-state index contributed by atoms with van der Waals surface area (Å²) in [5.41, 5.74) is 6.16. The summed E-state index contributed by atoms with van der Waals surface area (Å²) in [6, 6.07) is 0. The van der Waals surface area contributed by atoms with Gasteiger partial charge in [0.25, 0.3) is 0 Å². The molecule has 0 bridgehead atoms. The van der Waals surface area contributed by atoms with Gasteiger partial charge in [0.2, 0.25) is 0 Å². The molecule has 0 aliphatic carbocycles. The molecule has 11 heavy (non-hydrogen) atoms. The van der Waals surface area contributed by atoms with Gasteiger partial charge >= 0.3 is 0 Å². The molecule has 2 N–H and O–H groups in total. The normalized spacial score (nSPS) is 11.7. The molecule has 0 radical (unpaired) electrons. The molecule has 0 aromatic carbocycles. The molecule has 0 amide bonds. The van der Waals surface area contributed by atoms with E-state index in [1.54, 1.807) is 0 Å². The molecular weight excluding hydrogens is 138 g/mol. The largest absolute Gasteiger partial charge is 0.330 e. The fraction of sp³-hybridized carbons (Fsp3) is 0.667. The summed E-state index contributed by atoms with van der Waals surface area (Å²) < 4.78 is 0. The summed E-state index contributed by atoms with van der Waals surface area (Å²) in [5.74, 6) is 0.251. The van der Waals surface area contributed by atoms with Gasteiger partial charge in [-0.2, -0.15) is 0 Å². The number of carbonyl (C=O) groups is 1. The van der Waals surface area contributed by atoms with Gasteiger partial charge in [0.1, 0.15) is 0 Å². The molecule has 0 saturated heterocycles. The summed E-state index contributed by atoms with van der Waals surface area (Å²) in [6.07, 6.45) is 4.36. The molecular formula is C9H17NO. The molecule has 0 fully saturated rings. The predicted octanol–water partition coefficient (Wildman–Crippen LogP) is 1.65. The summed E-state index contributed by atoms with van der Waals surface area (Å²) in [5, 5.41) is 0. The molecule has 0 saturated carbocycles. The summed E-state index contributed by atoms with van der Waals surface area (Å²) in [6.45, 7) is 4.42. The van der Waals surface area contributed by atoms with Gasteiger partial charge in [-0.15, -0.1) is 0 Å². The second kappa shape index (κ2) is 6.10. The zero-order chi connectivity index (χ0) is 8.69. The van der Waals surface area contributed by atoms with Crippen molar-refractivity contribution in [1.82, 2.24) is 0 Å². The van der Waals surface area contributed by atoms with Crippen LogP contribution in [-0.4, -0.2) is 12.3 Å². The number of nitrogens with two attached hydrogens (primary N) is 1. The Labute approximate surface area is 68.5 Å². The van der Waals surface area contributed by atoms with Crippen LogP contribution >= 0.6 is 0 Å². The minimum atomic E-state index is 0.251. The molecule has 0 rings (SSSR count). The highest BCUT2D eigenvalue weighted by molar-refractivity contribution is 5.94. The lowest BCUT2D eigenvalue weighted by molar-refractivity contribution is -0.115. The van der Waals surface area contributed by atoms with Crippen LogP contribution in [0.4, 0.5) is 0 Å². The van der Waals surface area contributed by atoms with Crippen LogP contribution in [0.15, 0.2) is 11.6 Å². The van der Waals surface area contributed by atoms with Gasteiger partial charge < -0.3 is 5.73 Å². The summed E-state index contributed by atoms with van der Waals surface area (Å²) in [4.78, 5) is 11.1. The van der Waals surface area contributed by atoms with Crippen LogP contribution in [0, 0.1) is 0 Å². The smallest absolute Gasteiger partial charge is 0.158 e. The quantitative estimate of drug-likeness (QED) is 0.484. The van der Waals surface area contributed by atoms with Gasteiger partial charge in [-0.05, 0) is 38.8 Å². The van der Waals surface area contributed by atoms with Crippen molar-refractivity contribution in [3.05, 3.63) is 11.6 Å². The number of allylic oxidation sites excluding steroid dienone is 2. The van der Waals surface area contributed by atoms with Gasteiger partial charge in [-0.1, -0.05) is 6.08 Å². The fourth-order valence-electron chi connectivity index (χ4n) is 0.788. The van der Waals surface area contributed by atoms with Crippen LogP contribution in [0.2, 0.25) is 0 Å². The van der Waals surface area contributed by atoms with Crippen molar-refractivity contribution in [3.63, 3.8) is 0 Å². The van der Waals surface area contributed by atoms with E-state index in [1.165, 1.54) is 0 Å². The van der Waals surface area contributed by atoms with Crippen molar-refractivity contribution in [2.45, 2.75) is 33.1 Å². The van der Waals surface area contributed by atoms with Gasteiger partial charge in [0.15, 0.2) is 5.78 Å². The zero-order valence-electron chi connectivity index (χ0n) is 7.39. The van der Waals surface area contributed by atoms with Gasteiger partial charge in [-0.3, -0.25) is 4.79 Å². The Balaban J connectivity index is 3.53. The second-order valence-electron chi connectivity index (χ2n) is 2.64. The number of Topliss-reactive ketones (excluding diaryl/α,β-unsaturated/α-hetero) is 1. The third-order valence-corrected chi connectivity index (χ3v) is 1.73. The van der Waals surface area contributed by atoms with E-state index in [0.29, 0.717) is 13.0 Å². The monoisotopic (exact) mass is 155 g/mol. The maximum atomic E-state index is 11.1. The van der Waals surface area contributed by atoms with Crippen LogP contribution in [0.5, 0.6) is 0 Å². The van der Waals surface area contributed by atoms with Gasteiger partial charge in [-0.25, -0.2) is 0 Å². The average Bonchev–Trinajstić information content (AvgIpc) is 2.03. The minimum absolute atomic E-state index is 0.251. The van der Waals surface area contributed by atoms with Crippen molar-refractivity contribution in [3.8, 4) is 0 Å². The van der Waals surface area contributed by atoms with E-state index in [0.717, 1.165) is 18.4 Å². The van der Waals surface area contributed by atoms with Crippen molar-refractivity contribution >= 4 is 5.78 Å². The number of unbranched alkanes of at least 4 members (excludes halogenated alkanes) is 1. The Morgan fingerprint density at radius 1 is 1.45 bits per heavy atom. The molecule has 0 aromatic rings. The molecule has 64 valence electrons. The van der Waals surface area contributed by atoms with E-state index < -0.39 is 0 Å². The number of hydrogen-bond donors (Lipinski definition) is 1. The molecule has 0 aliphatic heterocycles. The SMILES string of the molecule is CC=C(C)C(=O)CCCCN. The van der Waals surface area contributed by atoms with Crippen LogP contribution in [-0.2, 0) is 4.79 Å². The topological polar surface area (TPSA) is 43.1 Å². The maximum Gasteiger partial charge on any atom is 0.158 e. The Bertz CT molecular complexity index is 150. The Morgan fingerprint density at radius 2 is 2.09 bits per heavy atom. The highest BCUT2D eigenvalue weighted by atomic mass is 16.1. The average molecular weight is 155 g/mol. The van der Waals surface area contributed by atoms with Crippen molar-refractivity contribution in [2.24, 2.45) is 5.73 Å². The van der Waals surface area contributed by atoms with Crippen molar-refractivity contribution in [2.75, 3.05) is 6.54 Å². The van der Waals surface area contributed by atoms with Crippen LogP contribution < -0.4 is 5.73 Å². The lowest BCUT2D eigenvalue weighted by Crippen LogP contribution is -2.02. The highest BCUT2D eigenvalue weighted by Gasteiger charge is 2.01. The minimum Gasteiger partial charge on any atom is -0.330 e. The third-order valence-electron chi connectivity index (χ3n) is 1.73. The Morgan fingerprint density at radius 3 is 2.55 bits per heavy atom. The van der Waals surface area contributed by atoms with Crippen LogP contribution in [0.3, 0.4) is 0 Å². The van der Waals surface area contributed by atoms with E-state index >= 15 is 0 Å². The first kappa shape index (κ1) is 10.4. The maximum absolute atomic E-state index is 11.1. The Kier molecular flexibility index (Phi) is 5.75. The summed E-state index contributed by atoms with van der Waals surface area (Å²) in [7, 11) is 0. The molecule has 0 unspecified atom stereocenters. The van der Waals surface area contributed by atoms with Crippen molar-refractivity contribution < 1.29 is 4.79 Å². The molecule has 0 spiro atoms. The number of rotatable bonds is 5. The summed E-state index contributed by atoms with van der Waals surface area (Å²) >= 11 is 0. The number of carbonyl (C=O) groups excluding carboxylic acids is 1. The molecule has 2 heteroatoms. The first-order valence-electron chi connectivity index (χ1n) is 4.08. The lowest BCUT2D eigenvalue weighted by Gasteiger charge is -1.98. The number of hydrogen-bond acceptors (Lipinski definition) is 2. The van der Waals surface area contributed by atoms with E-state index in [4.69, 9.17) is 5.73 Å². The first-order chi connectivity index (χ1) is 5.22. The fourth-order valence-corrected chi connectivity index (χ4v) is 0.788. The number of ketones is 1. The molecule has 0 aromatic heterocycles. The van der Waals surface area contributed by atoms with E-state index in [1.807, 2.05) is 19.9 Å². The van der Waals surface area contributed by atoms with E-state index in [2.05, 4.69) is 0 Å². The van der Waals surface area contributed by atoms with E-state index in [9.17, 15) is 4.79 Å². The van der Waals surface area contributed by atoms with Crippen LogP contribution in [0.1, 0.15) is 33.1 Å². The van der Waals surface area contributed by atoms with Gasteiger partial charge in [0.05, 0.1) is 0 Å². The molecule has 2 nitrogen and oxygen atoms in total. The van der Waals surface area contributed by atoms with E-state index in [-0.39, 0.29) is 5.78 Å². The third kappa shape index (κ3) is 4.73. The molecule has 0 aliphatic rings.